The monoisotopic (exact) mass is 411 g/mol. The maximum Gasteiger partial charge on any atom is 0.193 e. The molecule has 3 aliphatic rings. The molecule has 0 unspecified atom stereocenters. The van der Waals surface area contributed by atoms with E-state index in [1.807, 2.05) is 18.2 Å². The van der Waals surface area contributed by atoms with E-state index < -0.39 is 0 Å². The van der Waals surface area contributed by atoms with Gasteiger partial charge in [-0.3, -0.25) is 4.79 Å². The first-order valence-electron chi connectivity index (χ1n) is 11.3. The van der Waals surface area contributed by atoms with Gasteiger partial charge in [-0.1, -0.05) is 26.8 Å². The summed E-state index contributed by atoms with van der Waals surface area (Å²) in [6.45, 7) is 10.9. The number of likely N-dealkylation sites (N-methyl/N-ethyl adjacent to an activating group) is 1. The van der Waals surface area contributed by atoms with Crippen molar-refractivity contribution < 1.29 is 4.79 Å². The minimum Gasteiger partial charge on any atom is -0.369 e. The number of nitriles is 1. The lowest BCUT2D eigenvalue weighted by Crippen LogP contribution is -2.45. The van der Waals surface area contributed by atoms with E-state index in [1.54, 1.807) is 0 Å². The summed E-state index contributed by atoms with van der Waals surface area (Å²) in [6, 6.07) is 12.5. The Labute approximate surface area is 184 Å². The number of nitrogens with zero attached hydrogens (tertiary/aromatic N) is 3. The molecule has 0 amide bonds. The fraction of sp³-hybridized carbons (Fsp3) is 0.407. The zero-order valence-corrected chi connectivity index (χ0v) is 18.9. The highest BCUT2D eigenvalue weighted by molar-refractivity contribution is 6.33. The topological polar surface area (TPSA) is 47.3 Å². The van der Waals surface area contributed by atoms with E-state index in [9.17, 15) is 10.1 Å². The quantitative estimate of drug-likeness (QED) is 0.737. The second kappa shape index (κ2) is 7.07. The summed E-state index contributed by atoms with van der Waals surface area (Å²) in [4.78, 5) is 18.6. The van der Waals surface area contributed by atoms with Crippen molar-refractivity contribution in [2.24, 2.45) is 0 Å². The van der Waals surface area contributed by atoms with E-state index in [4.69, 9.17) is 0 Å². The van der Waals surface area contributed by atoms with Gasteiger partial charge in [-0.25, -0.2) is 0 Å². The van der Waals surface area contributed by atoms with E-state index in [1.165, 1.54) is 16.8 Å². The number of hydrogen-bond donors (Lipinski definition) is 0. The highest BCUT2D eigenvalue weighted by atomic mass is 16.1. The lowest BCUT2D eigenvalue weighted by Gasteiger charge is -2.39. The number of anilines is 1. The number of piperazine rings is 1. The Morgan fingerprint density at radius 3 is 2.48 bits per heavy atom. The van der Waals surface area contributed by atoms with Crippen LogP contribution in [0, 0.1) is 11.3 Å². The predicted molar refractivity (Wildman–Crippen MR) is 125 cm³/mol. The summed E-state index contributed by atoms with van der Waals surface area (Å²) in [5.74, 6) is 0.146. The largest absolute Gasteiger partial charge is 0.369 e. The van der Waals surface area contributed by atoms with Gasteiger partial charge in [0.15, 0.2) is 5.78 Å². The van der Waals surface area contributed by atoms with Crippen LogP contribution in [0.25, 0.3) is 5.57 Å². The van der Waals surface area contributed by atoms with E-state index >= 15 is 0 Å². The SMILES string of the molecule is CCc1cc2c(cc1N1CCN(C)CC1)C(C)(C)C1=C(C2=O)c2ccc(C#N)cc2C1. The number of benzene rings is 2. The maximum absolute atomic E-state index is 13.8. The highest BCUT2D eigenvalue weighted by Crippen LogP contribution is 2.51. The van der Waals surface area contributed by atoms with Gasteiger partial charge in [-0.15, -0.1) is 0 Å². The third-order valence-corrected chi connectivity index (χ3v) is 7.52. The van der Waals surface area contributed by atoms with Gasteiger partial charge in [0.05, 0.1) is 11.6 Å². The molecule has 0 spiro atoms. The number of Topliss-reactive ketones (excluding diaryl/α,β-unsaturated/α-hetero) is 1. The van der Waals surface area contributed by atoms with Crippen LogP contribution >= 0.6 is 0 Å². The van der Waals surface area contributed by atoms with Gasteiger partial charge in [0, 0.05) is 48.4 Å². The average molecular weight is 412 g/mol. The molecule has 0 aromatic heterocycles. The maximum atomic E-state index is 13.8. The average Bonchev–Trinajstić information content (AvgIpc) is 3.17. The van der Waals surface area contributed by atoms with Gasteiger partial charge >= 0.3 is 0 Å². The number of ketones is 1. The molecule has 2 aromatic carbocycles. The van der Waals surface area contributed by atoms with Gasteiger partial charge in [0.2, 0.25) is 0 Å². The molecule has 1 heterocycles. The molecule has 0 atom stereocenters. The van der Waals surface area contributed by atoms with Gasteiger partial charge in [-0.05, 0) is 72.0 Å². The Hall–Kier alpha value is -2.90. The molecule has 2 aromatic rings. The molecule has 4 nitrogen and oxygen atoms in total. The van der Waals surface area contributed by atoms with Crippen molar-refractivity contribution in [3.05, 3.63) is 69.3 Å². The van der Waals surface area contributed by atoms with Crippen molar-refractivity contribution in [1.82, 2.24) is 4.90 Å². The van der Waals surface area contributed by atoms with Crippen LogP contribution < -0.4 is 4.90 Å². The van der Waals surface area contributed by atoms with Gasteiger partial charge in [0.1, 0.15) is 0 Å². The number of fused-ring (bicyclic) bond motifs is 3. The first-order valence-corrected chi connectivity index (χ1v) is 11.3. The standard InChI is InChI=1S/C27H29N3O/c1-5-18-13-21-22(15-24(18)30-10-8-29(4)9-11-30)27(2,3)23-14-19-12-17(16-28)6-7-20(19)25(23)26(21)31/h6-7,12-13,15H,5,8-11,14H2,1-4H3. The summed E-state index contributed by atoms with van der Waals surface area (Å²) in [5.41, 5.74) is 9.18. The first-order chi connectivity index (χ1) is 14.8. The summed E-state index contributed by atoms with van der Waals surface area (Å²) in [5, 5.41) is 9.31. The molecule has 1 aliphatic heterocycles. The number of carbonyl (C=O) groups excluding carboxylic acids is 1. The molecular formula is C27H29N3O. The minimum absolute atomic E-state index is 0.146. The van der Waals surface area contributed by atoms with Crippen molar-refractivity contribution >= 4 is 17.0 Å². The lowest BCUT2D eigenvalue weighted by molar-refractivity contribution is 0.105. The van der Waals surface area contributed by atoms with Crippen LogP contribution in [0.2, 0.25) is 0 Å². The Bertz CT molecular complexity index is 1170. The van der Waals surface area contributed by atoms with Crippen molar-refractivity contribution in [3.8, 4) is 6.07 Å². The molecule has 0 N–H and O–H groups in total. The van der Waals surface area contributed by atoms with Crippen molar-refractivity contribution in [3.63, 3.8) is 0 Å². The van der Waals surface area contributed by atoms with Crippen LogP contribution in [0.15, 0.2) is 35.9 Å². The summed E-state index contributed by atoms with van der Waals surface area (Å²) in [6.07, 6.45) is 1.66. The fourth-order valence-electron chi connectivity index (χ4n) is 5.55. The zero-order valence-electron chi connectivity index (χ0n) is 18.9. The molecule has 1 saturated heterocycles. The Kier molecular flexibility index (Phi) is 4.57. The Morgan fingerprint density at radius 1 is 1.06 bits per heavy atom. The normalized spacial score (nSPS) is 19.7. The van der Waals surface area contributed by atoms with Crippen LogP contribution in [0.5, 0.6) is 0 Å². The van der Waals surface area contributed by atoms with E-state index in [-0.39, 0.29) is 11.2 Å². The van der Waals surface area contributed by atoms with Gasteiger partial charge in [0.25, 0.3) is 0 Å². The predicted octanol–water partition coefficient (Wildman–Crippen LogP) is 4.36. The smallest absolute Gasteiger partial charge is 0.193 e. The molecule has 5 rings (SSSR count). The minimum atomic E-state index is -0.224. The Balaban J connectivity index is 1.64. The molecule has 2 aliphatic carbocycles. The summed E-state index contributed by atoms with van der Waals surface area (Å²) < 4.78 is 0. The number of rotatable bonds is 2. The van der Waals surface area contributed by atoms with Crippen LogP contribution in [0.4, 0.5) is 5.69 Å². The number of hydrogen-bond acceptors (Lipinski definition) is 4. The van der Waals surface area contributed by atoms with Crippen LogP contribution in [-0.4, -0.2) is 43.9 Å². The third kappa shape index (κ3) is 2.95. The first kappa shape index (κ1) is 20.0. The summed E-state index contributed by atoms with van der Waals surface area (Å²) in [7, 11) is 2.18. The molecule has 0 saturated carbocycles. The van der Waals surface area contributed by atoms with Crippen molar-refractivity contribution in [2.45, 2.75) is 39.0 Å². The number of carbonyl (C=O) groups is 1. The van der Waals surface area contributed by atoms with Crippen molar-refractivity contribution in [1.29, 1.82) is 5.26 Å². The lowest BCUT2D eigenvalue weighted by atomic mass is 9.68. The van der Waals surface area contributed by atoms with Gasteiger partial charge in [-0.2, -0.15) is 5.26 Å². The molecular weight excluding hydrogens is 382 g/mol. The highest BCUT2D eigenvalue weighted by Gasteiger charge is 2.43. The fourth-order valence-corrected chi connectivity index (χ4v) is 5.55. The van der Waals surface area contributed by atoms with Crippen LogP contribution in [-0.2, 0) is 18.3 Å². The molecule has 0 radical (unpaired) electrons. The van der Waals surface area contributed by atoms with E-state index in [0.717, 1.165) is 66.8 Å². The number of allylic oxidation sites excluding steroid dienone is 2. The third-order valence-electron chi connectivity index (χ3n) is 7.52. The Morgan fingerprint density at radius 2 is 1.81 bits per heavy atom. The second-order valence-electron chi connectivity index (χ2n) is 9.64. The van der Waals surface area contributed by atoms with Crippen LogP contribution in [0.1, 0.15) is 58.9 Å². The van der Waals surface area contributed by atoms with Crippen LogP contribution in [0.3, 0.4) is 0 Å². The van der Waals surface area contributed by atoms with E-state index in [0.29, 0.717) is 5.56 Å². The second-order valence-corrected chi connectivity index (χ2v) is 9.64. The number of aryl methyl sites for hydroxylation is 1. The molecule has 4 heteroatoms. The molecule has 31 heavy (non-hydrogen) atoms. The van der Waals surface area contributed by atoms with Crippen molar-refractivity contribution in [2.75, 3.05) is 38.1 Å². The molecule has 1 fully saturated rings. The zero-order chi connectivity index (χ0) is 21.9. The van der Waals surface area contributed by atoms with E-state index in [2.05, 4.69) is 55.8 Å². The summed E-state index contributed by atoms with van der Waals surface area (Å²) >= 11 is 0. The molecule has 0 bridgehead atoms. The van der Waals surface area contributed by atoms with Gasteiger partial charge < -0.3 is 9.80 Å². The molecule has 158 valence electrons.